The van der Waals surface area contributed by atoms with Crippen LogP contribution in [-0.4, -0.2) is 107 Å². The Kier molecular flexibility index (Phi) is 12.2. The Bertz CT molecular complexity index is 2250. The van der Waals surface area contributed by atoms with Crippen LogP contribution in [0.2, 0.25) is 0 Å². The number of amides is 8. The van der Waals surface area contributed by atoms with E-state index in [1.807, 2.05) is 40.1 Å². The van der Waals surface area contributed by atoms with E-state index in [-0.39, 0.29) is 35.0 Å². The molecule has 4 aliphatic rings. The number of hydrogen-bond acceptors (Lipinski definition) is 10. The van der Waals surface area contributed by atoms with Crippen molar-refractivity contribution in [3.05, 3.63) is 118 Å². The molecule has 0 radical (unpaired) electrons. The fourth-order valence-corrected chi connectivity index (χ4v) is 8.14. The number of nitrogens with zero attached hydrogens (tertiary/aromatic N) is 4. The molecule has 4 saturated heterocycles. The summed E-state index contributed by atoms with van der Waals surface area (Å²) in [5.74, 6) is -0.123. The third-order valence-electron chi connectivity index (χ3n) is 11.6. The van der Waals surface area contributed by atoms with Crippen molar-refractivity contribution in [1.82, 2.24) is 41.0 Å². The highest BCUT2D eigenvalue weighted by Gasteiger charge is 2.49. The van der Waals surface area contributed by atoms with Crippen LogP contribution in [0.25, 0.3) is 0 Å². The number of carbonyl (C=O) groups excluding carboxylic acids is 6. The van der Waals surface area contributed by atoms with Crippen molar-refractivity contribution in [3.63, 3.8) is 0 Å². The molecule has 0 aliphatic carbocycles. The molecule has 18 heteroatoms. The van der Waals surface area contributed by atoms with Crippen molar-refractivity contribution in [2.45, 2.75) is 63.7 Å². The van der Waals surface area contributed by atoms with Crippen LogP contribution in [0.4, 0.5) is 30.0 Å². The van der Waals surface area contributed by atoms with Gasteiger partial charge in [0.2, 0.25) is 0 Å². The molecule has 4 aromatic rings. The average Bonchev–Trinajstić information content (AvgIpc) is 4.05. The molecular weight excluding hydrogens is 803 g/mol. The second kappa shape index (κ2) is 17.6. The van der Waals surface area contributed by atoms with E-state index in [1.54, 1.807) is 34.1 Å². The summed E-state index contributed by atoms with van der Waals surface area (Å²) < 4.78 is 27.4. The molecule has 324 valence electrons. The zero-order valence-electron chi connectivity index (χ0n) is 34.7. The van der Waals surface area contributed by atoms with Gasteiger partial charge in [-0.25, -0.2) is 28.3 Å². The van der Waals surface area contributed by atoms with Gasteiger partial charge >= 0.3 is 12.1 Å². The Morgan fingerprint density at radius 3 is 1.32 bits per heavy atom. The fourth-order valence-electron chi connectivity index (χ4n) is 8.14. The van der Waals surface area contributed by atoms with Gasteiger partial charge in [-0.2, -0.15) is 0 Å². The normalized spacial score (nSPS) is 22.9. The number of urea groups is 2. The maximum atomic E-state index is 13.7. The van der Waals surface area contributed by atoms with Crippen LogP contribution in [0.5, 0.6) is 0 Å². The number of benzene rings is 2. The molecule has 8 rings (SSSR count). The highest BCUT2D eigenvalue weighted by molar-refractivity contribution is 6.08. The van der Waals surface area contributed by atoms with Crippen LogP contribution in [0, 0.1) is 27.7 Å². The van der Waals surface area contributed by atoms with Crippen molar-refractivity contribution < 1.29 is 37.5 Å². The SMILES string of the molecule is Cc1cnc(N[C@H]2CCN(C(=O)c3ccc([C@@]4(CF)NC(=O)NC4=O)cc3)C2)c(C)c1.Cc1cnc(N[C@H]2CCN(C(=O)c3ccc([C@]4(CF)NC(=O)NC4=O)cc3)C2)c(C)c1. The monoisotopic (exact) mass is 850 g/mol. The summed E-state index contributed by atoms with van der Waals surface area (Å²) in [5.41, 5.74) is 2.27. The number of rotatable bonds is 10. The Morgan fingerprint density at radius 2 is 1.02 bits per heavy atom. The predicted molar refractivity (Wildman–Crippen MR) is 225 cm³/mol. The Labute approximate surface area is 356 Å². The third kappa shape index (κ3) is 8.62. The largest absolute Gasteiger partial charge is 0.365 e. The minimum absolute atomic E-state index is 0.101. The molecule has 16 nitrogen and oxygen atoms in total. The van der Waals surface area contributed by atoms with E-state index in [2.05, 4.69) is 54.0 Å². The van der Waals surface area contributed by atoms with Crippen LogP contribution in [0.15, 0.2) is 73.1 Å². The minimum Gasteiger partial charge on any atom is -0.365 e. The topological polar surface area (TPSA) is 207 Å². The van der Waals surface area contributed by atoms with Gasteiger partial charge in [-0.3, -0.25) is 29.8 Å². The summed E-state index contributed by atoms with van der Waals surface area (Å²) in [4.78, 5) is 85.3. The van der Waals surface area contributed by atoms with Crippen LogP contribution in [-0.2, 0) is 20.7 Å². The quantitative estimate of drug-likeness (QED) is 0.126. The predicted octanol–water partition coefficient (Wildman–Crippen LogP) is 4.06. The average molecular weight is 851 g/mol. The van der Waals surface area contributed by atoms with E-state index in [4.69, 9.17) is 0 Å². The highest BCUT2D eigenvalue weighted by Crippen LogP contribution is 2.29. The van der Waals surface area contributed by atoms with E-state index < -0.39 is 48.3 Å². The fraction of sp³-hybridized carbons (Fsp3) is 0.364. The molecule has 4 fully saturated rings. The summed E-state index contributed by atoms with van der Waals surface area (Å²) in [5, 5.41) is 15.6. The Hall–Kier alpha value is -6.98. The van der Waals surface area contributed by atoms with E-state index >= 15 is 0 Å². The van der Waals surface area contributed by atoms with Crippen LogP contribution < -0.4 is 31.9 Å². The van der Waals surface area contributed by atoms with Crippen molar-refractivity contribution in [1.29, 1.82) is 0 Å². The number of alkyl halides is 2. The van der Waals surface area contributed by atoms with Crippen molar-refractivity contribution >= 4 is 47.3 Å². The number of imide groups is 2. The van der Waals surface area contributed by atoms with Gasteiger partial charge in [-0.1, -0.05) is 36.4 Å². The molecule has 62 heavy (non-hydrogen) atoms. The highest BCUT2D eigenvalue weighted by atomic mass is 19.1. The minimum atomic E-state index is -1.75. The van der Waals surface area contributed by atoms with E-state index in [1.165, 1.54) is 24.3 Å². The number of pyridine rings is 2. The lowest BCUT2D eigenvalue weighted by Gasteiger charge is -2.23. The van der Waals surface area contributed by atoms with E-state index in [9.17, 15) is 37.5 Å². The van der Waals surface area contributed by atoms with Gasteiger partial charge in [-0.15, -0.1) is 0 Å². The Balaban J connectivity index is 0.000000186. The van der Waals surface area contributed by atoms with Crippen molar-refractivity contribution in [3.8, 4) is 0 Å². The summed E-state index contributed by atoms with van der Waals surface area (Å²) >= 11 is 0. The molecule has 0 spiro atoms. The standard InChI is InChI=1S/2C22H24FN5O3/c2*1-13-9-14(2)18(24-10-13)25-17-7-8-28(11-17)19(29)15-3-5-16(6-4-15)22(12-23)20(30)26-21(31)27-22/h2*3-6,9-10,17H,7-8,11-12H2,1-2H3,(H,24,25)(H2,26,27,30,31)/t17-,22+;17-,22-/m00/s1. The lowest BCUT2D eigenvalue weighted by molar-refractivity contribution is -0.125. The first kappa shape index (κ1) is 43.1. The van der Waals surface area contributed by atoms with Gasteiger partial charge in [0.05, 0.1) is 0 Å². The maximum absolute atomic E-state index is 13.7. The lowest BCUT2D eigenvalue weighted by Crippen LogP contribution is -2.45. The van der Waals surface area contributed by atoms with Crippen LogP contribution in [0.3, 0.4) is 0 Å². The molecule has 2 aromatic carbocycles. The first-order chi connectivity index (χ1) is 29.6. The van der Waals surface area contributed by atoms with Gasteiger partial charge in [0, 0.05) is 61.8 Å². The lowest BCUT2D eigenvalue weighted by atomic mass is 9.90. The number of halogens is 2. The maximum Gasteiger partial charge on any atom is 0.322 e. The number of carbonyl (C=O) groups is 6. The van der Waals surface area contributed by atoms with Crippen LogP contribution in [0.1, 0.15) is 66.9 Å². The molecule has 0 saturated carbocycles. The van der Waals surface area contributed by atoms with E-state index in [0.717, 1.165) is 46.7 Å². The molecule has 4 aliphatic heterocycles. The molecule has 0 bridgehead atoms. The summed E-state index contributed by atoms with van der Waals surface area (Å²) in [6.07, 6.45) is 5.23. The van der Waals surface area contributed by atoms with Crippen molar-refractivity contribution in [2.24, 2.45) is 0 Å². The number of hydrogen-bond donors (Lipinski definition) is 6. The molecule has 6 heterocycles. The van der Waals surface area contributed by atoms with Gasteiger partial charge in [-0.05, 0) is 98.2 Å². The summed E-state index contributed by atoms with van der Waals surface area (Å²) in [6.45, 7) is 8.13. The Morgan fingerprint density at radius 1 is 0.645 bits per heavy atom. The molecule has 8 amide bonds. The molecule has 4 atom stereocenters. The molecular formula is C44H48F2N10O6. The summed E-state index contributed by atoms with van der Waals surface area (Å²) in [6, 6.07) is 15.1. The number of nitrogens with one attached hydrogen (secondary N) is 6. The molecule has 6 N–H and O–H groups in total. The molecule has 2 aromatic heterocycles. The van der Waals surface area contributed by atoms with Gasteiger partial charge < -0.3 is 31.1 Å². The van der Waals surface area contributed by atoms with Crippen LogP contribution >= 0.6 is 0 Å². The smallest absolute Gasteiger partial charge is 0.322 e. The van der Waals surface area contributed by atoms with Crippen molar-refractivity contribution in [2.75, 3.05) is 50.2 Å². The first-order valence-electron chi connectivity index (χ1n) is 20.2. The zero-order chi connectivity index (χ0) is 44.3. The zero-order valence-corrected chi connectivity index (χ0v) is 34.7. The van der Waals surface area contributed by atoms with Gasteiger partial charge in [0.1, 0.15) is 25.0 Å². The van der Waals surface area contributed by atoms with Gasteiger partial charge in [0.25, 0.3) is 23.6 Å². The third-order valence-corrected chi connectivity index (χ3v) is 11.6. The number of aromatic nitrogens is 2. The molecule has 0 unspecified atom stereocenters. The second-order valence-electron chi connectivity index (χ2n) is 16.2. The van der Waals surface area contributed by atoms with Gasteiger partial charge in [0.15, 0.2) is 11.1 Å². The summed E-state index contributed by atoms with van der Waals surface area (Å²) in [7, 11) is 0. The second-order valence-corrected chi connectivity index (χ2v) is 16.2. The first-order valence-corrected chi connectivity index (χ1v) is 20.2. The van der Waals surface area contributed by atoms with E-state index in [0.29, 0.717) is 37.3 Å². The number of anilines is 2. The number of likely N-dealkylation sites (tertiary alicyclic amines) is 2. The number of aryl methyl sites for hydroxylation is 4.